The van der Waals surface area contributed by atoms with Crippen LogP contribution in [-0.4, -0.2) is 48.9 Å². The quantitative estimate of drug-likeness (QED) is 0.0455. The number of aromatic nitrogens is 4. The normalized spacial score (nSPS) is 12.7. The van der Waals surface area contributed by atoms with Crippen molar-refractivity contribution in [1.82, 2.24) is 19.5 Å². The van der Waals surface area contributed by atoms with Crippen LogP contribution >= 0.6 is 7.60 Å². The molecule has 0 fully saturated rings. The monoisotopic (exact) mass is 695 g/mol. The number of unbranched alkanes of at least 4 members (excludes halogenated alkanes) is 15. The molecule has 4 N–H and O–H groups in total. The van der Waals surface area contributed by atoms with Gasteiger partial charge in [-0.25, -0.2) is 15.0 Å². The van der Waals surface area contributed by atoms with Crippen LogP contribution in [0.1, 0.15) is 129 Å². The van der Waals surface area contributed by atoms with E-state index in [1.807, 2.05) is 54.0 Å². The summed E-state index contributed by atoms with van der Waals surface area (Å²) in [6.07, 6.45) is 20.2. The summed E-state index contributed by atoms with van der Waals surface area (Å²) in [6.45, 7) is 5.15. The number of nitrogen functional groups attached to an aromatic ring is 1. The average Bonchev–Trinajstić information content (AvgIpc) is 3.46. The molecule has 49 heavy (non-hydrogen) atoms. The van der Waals surface area contributed by atoms with Crippen molar-refractivity contribution < 1.29 is 23.8 Å². The first-order valence-electron chi connectivity index (χ1n) is 18.5. The number of rotatable bonds is 25. The van der Waals surface area contributed by atoms with Gasteiger partial charge in [-0.05, 0) is 24.1 Å². The fraction of sp³-hybridized carbons (Fsp3) is 0.605. The highest BCUT2D eigenvalue weighted by Gasteiger charge is 2.22. The van der Waals surface area contributed by atoms with Gasteiger partial charge in [0.25, 0.3) is 0 Å². The van der Waals surface area contributed by atoms with Crippen molar-refractivity contribution in [3.05, 3.63) is 48.3 Å². The van der Waals surface area contributed by atoms with Crippen LogP contribution in [0.25, 0.3) is 33.3 Å². The number of hydrogen-bond acceptors (Lipinski definition) is 7. The molecular weight excluding hydrogens is 637 g/mol. The van der Waals surface area contributed by atoms with E-state index in [4.69, 9.17) is 25.2 Å². The fourth-order valence-corrected chi connectivity index (χ4v) is 6.75. The Kier molecular flexibility index (Phi) is 16.4. The molecule has 0 aliphatic rings. The van der Waals surface area contributed by atoms with Gasteiger partial charge in [-0.2, -0.15) is 0 Å². The minimum absolute atomic E-state index is 0.0544. The minimum atomic E-state index is -4.29. The van der Waals surface area contributed by atoms with Gasteiger partial charge < -0.3 is 29.6 Å². The second-order valence-corrected chi connectivity index (χ2v) is 14.9. The number of benzene rings is 2. The van der Waals surface area contributed by atoms with Crippen molar-refractivity contribution >= 4 is 35.3 Å². The summed E-state index contributed by atoms with van der Waals surface area (Å²) in [5, 5.41) is 2.08. The van der Waals surface area contributed by atoms with E-state index in [9.17, 15) is 14.4 Å². The van der Waals surface area contributed by atoms with Crippen molar-refractivity contribution in [2.75, 3.05) is 25.3 Å². The van der Waals surface area contributed by atoms with Crippen LogP contribution < -0.4 is 5.73 Å². The summed E-state index contributed by atoms with van der Waals surface area (Å²) in [7, 11) is -4.29. The number of fused-ring (bicyclic) bond motifs is 2. The molecule has 10 nitrogen and oxygen atoms in total. The SMILES string of the molecule is CCCCCCCCCCCCCCCCCCOC(C)c1nc(N)c2nc(-c3cccc4ccccc34)n(CCOCP(=O)(O)O)c2n1. The Morgan fingerprint density at radius 3 is 2.00 bits per heavy atom. The van der Waals surface area contributed by atoms with Crippen molar-refractivity contribution in [3.63, 3.8) is 0 Å². The highest BCUT2D eigenvalue weighted by molar-refractivity contribution is 7.51. The maximum Gasteiger partial charge on any atom is 0.350 e. The predicted molar refractivity (Wildman–Crippen MR) is 199 cm³/mol. The van der Waals surface area contributed by atoms with E-state index in [1.54, 1.807) is 0 Å². The second kappa shape index (κ2) is 20.7. The molecule has 0 saturated carbocycles. The summed E-state index contributed by atoms with van der Waals surface area (Å²) >= 11 is 0. The van der Waals surface area contributed by atoms with Crippen molar-refractivity contribution in [1.29, 1.82) is 0 Å². The Hall–Kier alpha value is -2.88. The molecule has 2 aromatic carbocycles. The molecule has 0 spiro atoms. The molecule has 0 saturated heterocycles. The van der Waals surface area contributed by atoms with Gasteiger partial charge in [0.1, 0.15) is 18.3 Å². The molecule has 2 heterocycles. The van der Waals surface area contributed by atoms with Gasteiger partial charge in [-0.3, -0.25) is 4.57 Å². The summed E-state index contributed by atoms with van der Waals surface area (Å²) in [5.74, 6) is 1.36. The molecule has 2 aromatic heterocycles. The summed E-state index contributed by atoms with van der Waals surface area (Å²) in [4.78, 5) is 32.8. The van der Waals surface area contributed by atoms with Crippen molar-refractivity contribution in [2.24, 2.45) is 0 Å². The zero-order chi connectivity index (χ0) is 34.9. The lowest BCUT2D eigenvalue weighted by Crippen LogP contribution is -2.12. The smallest absolute Gasteiger partial charge is 0.350 e. The highest BCUT2D eigenvalue weighted by atomic mass is 31.2. The van der Waals surface area contributed by atoms with Crippen molar-refractivity contribution in [2.45, 2.75) is 129 Å². The third-order valence-corrected chi connectivity index (χ3v) is 9.64. The molecular formula is C38H58N5O5P. The van der Waals surface area contributed by atoms with Gasteiger partial charge in [0.15, 0.2) is 22.8 Å². The Bertz CT molecular complexity index is 1600. The molecule has 0 amide bonds. The summed E-state index contributed by atoms with van der Waals surface area (Å²) < 4.78 is 24.7. The van der Waals surface area contributed by atoms with Crippen LogP contribution in [0.2, 0.25) is 0 Å². The fourth-order valence-electron chi connectivity index (χ4n) is 6.38. The van der Waals surface area contributed by atoms with Gasteiger partial charge >= 0.3 is 7.60 Å². The Balaban J connectivity index is 1.27. The number of nitrogens with two attached hydrogens (primary N) is 1. The first-order chi connectivity index (χ1) is 23.8. The zero-order valence-corrected chi connectivity index (χ0v) is 30.6. The predicted octanol–water partition coefficient (Wildman–Crippen LogP) is 9.72. The van der Waals surface area contributed by atoms with Gasteiger partial charge in [0, 0.05) is 18.7 Å². The molecule has 11 heteroatoms. The topological polar surface area (TPSA) is 146 Å². The van der Waals surface area contributed by atoms with E-state index in [-0.39, 0.29) is 25.1 Å². The molecule has 0 aliphatic carbocycles. The number of imidazole rings is 1. The highest BCUT2D eigenvalue weighted by Crippen LogP contribution is 2.35. The Morgan fingerprint density at radius 2 is 1.37 bits per heavy atom. The van der Waals surface area contributed by atoms with E-state index < -0.39 is 13.9 Å². The number of nitrogens with zero attached hydrogens (tertiary/aromatic N) is 4. The third kappa shape index (κ3) is 12.7. The molecule has 4 rings (SSSR count). The van der Waals surface area contributed by atoms with E-state index >= 15 is 0 Å². The molecule has 4 aromatic rings. The van der Waals surface area contributed by atoms with Crippen LogP contribution in [0.3, 0.4) is 0 Å². The van der Waals surface area contributed by atoms with Crippen molar-refractivity contribution in [3.8, 4) is 11.4 Å². The van der Waals surface area contributed by atoms with Crippen LogP contribution in [-0.2, 0) is 20.6 Å². The van der Waals surface area contributed by atoms with Gasteiger partial charge in [-0.1, -0.05) is 146 Å². The third-order valence-electron chi connectivity index (χ3n) is 9.12. The molecule has 0 aliphatic heterocycles. The first-order valence-corrected chi connectivity index (χ1v) is 20.3. The lowest BCUT2D eigenvalue weighted by Gasteiger charge is -2.14. The maximum absolute atomic E-state index is 11.4. The average molecular weight is 696 g/mol. The van der Waals surface area contributed by atoms with Crippen LogP contribution in [0.4, 0.5) is 5.82 Å². The van der Waals surface area contributed by atoms with Crippen LogP contribution in [0.15, 0.2) is 42.5 Å². The zero-order valence-electron chi connectivity index (χ0n) is 29.7. The van der Waals surface area contributed by atoms with E-state index in [1.165, 1.54) is 89.9 Å². The second-order valence-electron chi connectivity index (χ2n) is 13.3. The van der Waals surface area contributed by atoms with E-state index in [0.29, 0.717) is 29.4 Å². The van der Waals surface area contributed by atoms with Crippen LogP contribution in [0, 0.1) is 0 Å². The Morgan fingerprint density at radius 1 is 0.776 bits per heavy atom. The maximum atomic E-state index is 11.4. The van der Waals surface area contributed by atoms with Gasteiger partial charge in [0.2, 0.25) is 0 Å². The number of hydrogen-bond donors (Lipinski definition) is 3. The van der Waals surface area contributed by atoms with E-state index in [2.05, 4.69) is 11.9 Å². The van der Waals surface area contributed by atoms with Gasteiger partial charge in [0.05, 0.1) is 6.61 Å². The molecule has 0 bridgehead atoms. The largest absolute Gasteiger partial charge is 0.382 e. The lowest BCUT2D eigenvalue weighted by atomic mass is 10.0. The van der Waals surface area contributed by atoms with E-state index in [0.717, 1.165) is 29.2 Å². The number of anilines is 1. The summed E-state index contributed by atoms with van der Waals surface area (Å²) in [5.41, 5.74) is 8.34. The molecule has 1 unspecified atom stereocenters. The minimum Gasteiger partial charge on any atom is -0.382 e. The Labute approximate surface area is 292 Å². The van der Waals surface area contributed by atoms with Gasteiger partial charge in [-0.15, -0.1) is 0 Å². The van der Waals surface area contributed by atoms with Crippen LogP contribution in [0.5, 0.6) is 0 Å². The standard InChI is InChI=1S/C38H58N5O5P/c1-3-4-5-6-7-8-9-10-11-12-13-14-15-16-17-20-27-48-30(2)36-41-35(39)34-38(42-36)43(26-28-47-29-49(44,45)46)37(40-34)33-25-21-23-31-22-18-19-24-32(31)33/h18-19,21-25,30H,3-17,20,26-29H2,1-2H3,(H2,39,41,42)(H2,44,45,46). The first kappa shape index (κ1) is 38.9. The number of ether oxygens (including phenoxy) is 2. The summed E-state index contributed by atoms with van der Waals surface area (Å²) in [6, 6.07) is 14.0. The molecule has 0 radical (unpaired) electrons. The lowest BCUT2D eigenvalue weighted by molar-refractivity contribution is 0.0571. The molecule has 270 valence electrons. The molecule has 1 atom stereocenters.